The van der Waals surface area contributed by atoms with Crippen molar-refractivity contribution in [1.29, 1.82) is 0 Å². The summed E-state index contributed by atoms with van der Waals surface area (Å²) in [6.07, 6.45) is 0. The molecular weight excluding hydrogens is 340 g/mol. The maximum Gasteiger partial charge on any atom is 0.319 e. The summed E-state index contributed by atoms with van der Waals surface area (Å²) in [4.78, 5) is 45.3. The van der Waals surface area contributed by atoms with Gasteiger partial charge in [-0.2, -0.15) is 0 Å². The third kappa shape index (κ3) is 625. The fourth-order valence-electron chi connectivity index (χ4n) is 0. The van der Waals surface area contributed by atoms with Crippen molar-refractivity contribution in [2.45, 2.75) is 4.30 Å². The molecule has 0 aliphatic carbocycles. The molecule has 6 N–H and O–H groups in total. The van der Waals surface area contributed by atoms with E-state index in [2.05, 4.69) is 23.6 Å². The van der Waals surface area contributed by atoms with Crippen molar-refractivity contribution in [2.75, 3.05) is 0 Å². The lowest BCUT2D eigenvalue weighted by atomic mass is 11.9. The van der Waals surface area contributed by atoms with Gasteiger partial charge in [0.2, 0.25) is 0 Å². The zero-order valence-electron chi connectivity index (χ0n) is 6.11. The van der Waals surface area contributed by atoms with Crippen LogP contribution in [-0.2, 0) is 23.6 Å². The van der Waals surface area contributed by atoms with Crippen LogP contribution in [0.1, 0.15) is 0 Å². The van der Waals surface area contributed by atoms with Crippen LogP contribution in [0.4, 0.5) is 0 Å². The summed E-state index contributed by atoms with van der Waals surface area (Å²) in [6, 6.07) is 0. The molecule has 14 heavy (non-hydrogen) atoms. The van der Waals surface area contributed by atoms with Gasteiger partial charge in [0.05, 0.1) is 0 Å². The summed E-state index contributed by atoms with van der Waals surface area (Å²) in [7, 11) is 0. The van der Waals surface area contributed by atoms with Crippen LogP contribution in [0.15, 0.2) is 0 Å². The molecule has 13 heteroatoms. The molecule has 6 nitrogen and oxygen atoms in total. The van der Waals surface area contributed by atoms with Crippen molar-refractivity contribution < 1.29 is 29.4 Å². The average Bonchev–Trinajstić information content (AvgIpc) is 1.45. The maximum atomic E-state index is 7.56. The average molecular weight is 348 g/mol. The number of hydrogen-bond acceptors (Lipinski definition) is 2. The molecule has 0 atom stereocenters. The first kappa shape index (κ1) is 21.2. The minimum atomic E-state index is -3.81. The molecule has 0 aromatic carbocycles. The normalized spacial score (nSPS) is 11.0. The zero-order chi connectivity index (χ0) is 12.6. The van der Waals surface area contributed by atoms with Crippen molar-refractivity contribution in [3.8, 4) is 0 Å². The summed E-state index contributed by atoms with van der Waals surface area (Å²) in [5, 5.41) is 0. The van der Waals surface area contributed by atoms with Gasteiger partial charge in [0.15, 0.2) is 4.30 Å². The van der Waals surface area contributed by atoms with Gasteiger partial charge in [-0.1, -0.05) is 34.8 Å². The van der Waals surface area contributed by atoms with E-state index in [1.807, 2.05) is 0 Å². The Kier molecular flexibility index (Phi) is 15.3. The summed E-state index contributed by atoms with van der Waals surface area (Å²) < 4.78 is -0.750. The molecule has 0 fully saturated rings. The molecule has 0 unspecified atom stereocenters. The van der Waals surface area contributed by atoms with Gasteiger partial charge in [-0.15, -0.1) is 0 Å². The van der Waals surface area contributed by atoms with Gasteiger partial charge < -0.3 is 29.4 Å². The fourth-order valence-corrected chi connectivity index (χ4v) is 0. The molecule has 0 radical (unpaired) electrons. The summed E-state index contributed by atoms with van der Waals surface area (Å²) in [5.74, 6) is 0. The monoisotopic (exact) mass is 346 g/mol. The summed E-state index contributed by atoms with van der Waals surface area (Å²) >= 11 is 21.6. The van der Waals surface area contributed by atoms with E-state index in [0.29, 0.717) is 0 Å². The molecule has 0 aliphatic heterocycles. The number of rotatable bonds is 0. The quantitative estimate of drug-likeness (QED) is 0.274. The van der Waals surface area contributed by atoms with E-state index < -0.39 is 17.7 Å². The molecule has 0 saturated carbocycles. The third-order valence-corrected chi connectivity index (χ3v) is 0. The molecule has 0 aromatic heterocycles. The van der Waals surface area contributed by atoms with E-state index in [1.165, 1.54) is 0 Å². The SMILES string of the molecule is ClC(Cl)Cl.OP(O)(O)=S.OP(O)(O)=S. The second kappa shape index (κ2) is 10.1. The predicted molar refractivity (Wildman–Crippen MR) is 63.2 cm³/mol. The first-order chi connectivity index (χ1) is 5.73. The first-order valence-electron chi connectivity index (χ1n) is 2.22. The Labute approximate surface area is 105 Å². The predicted octanol–water partition coefficient (Wildman–Crippen LogP) is 0.362. The van der Waals surface area contributed by atoms with E-state index in [-0.39, 0.29) is 0 Å². The fraction of sp³-hybridized carbons (Fsp3) is 1.00. The number of hydrogen-bond donors (Lipinski definition) is 6. The Morgan fingerprint density at radius 2 is 0.714 bits per heavy atom. The van der Waals surface area contributed by atoms with Crippen LogP contribution in [-0.4, -0.2) is 33.7 Å². The Morgan fingerprint density at radius 1 is 0.714 bits per heavy atom. The van der Waals surface area contributed by atoms with Crippen molar-refractivity contribution in [3.63, 3.8) is 0 Å². The first-order valence-corrected chi connectivity index (χ1v) is 8.85. The minimum Gasteiger partial charge on any atom is -0.325 e. The second-order valence-electron chi connectivity index (χ2n) is 1.27. The van der Waals surface area contributed by atoms with E-state index in [4.69, 9.17) is 64.2 Å². The van der Waals surface area contributed by atoms with Crippen LogP contribution < -0.4 is 0 Å². The number of halogens is 3. The van der Waals surface area contributed by atoms with Crippen LogP contribution in [0.25, 0.3) is 0 Å². The molecule has 90 valence electrons. The molecule has 0 amide bonds. The van der Waals surface area contributed by atoms with Gasteiger partial charge in [0.1, 0.15) is 0 Å². The highest BCUT2D eigenvalue weighted by Gasteiger charge is 1.92. The second-order valence-corrected chi connectivity index (χ2v) is 8.25. The highest BCUT2D eigenvalue weighted by Crippen LogP contribution is 2.26. The van der Waals surface area contributed by atoms with E-state index in [9.17, 15) is 0 Å². The highest BCUT2D eigenvalue weighted by molar-refractivity contribution is 8.06. The topological polar surface area (TPSA) is 121 Å². The van der Waals surface area contributed by atoms with Crippen LogP contribution in [0.3, 0.4) is 0 Å². The maximum absolute atomic E-state index is 7.56. The number of alkyl halides is 3. The van der Waals surface area contributed by atoms with E-state index in [1.54, 1.807) is 0 Å². The van der Waals surface area contributed by atoms with Gasteiger partial charge >= 0.3 is 13.4 Å². The molecule has 0 heterocycles. The van der Waals surface area contributed by atoms with E-state index in [0.717, 1.165) is 0 Å². The molecule has 0 spiro atoms. The largest absolute Gasteiger partial charge is 0.325 e. The summed E-state index contributed by atoms with van der Waals surface area (Å²) in [6.45, 7) is -7.61. The molecular formula is CH7Cl3O6P2S2. The van der Waals surface area contributed by atoms with Crippen LogP contribution in [0, 0.1) is 0 Å². The molecule has 0 bridgehead atoms. The smallest absolute Gasteiger partial charge is 0.319 e. The van der Waals surface area contributed by atoms with Crippen LogP contribution in [0.5, 0.6) is 0 Å². The lowest BCUT2D eigenvalue weighted by Crippen LogP contribution is -1.65. The lowest BCUT2D eigenvalue weighted by Gasteiger charge is -1.88. The van der Waals surface area contributed by atoms with Gasteiger partial charge in [0.25, 0.3) is 0 Å². The van der Waals surface area contributed by atoms with Gasteiger partial charge in [0, 0.05) is 0 Å². The van der Waals surface area contributed by atoms with Crippen molar-refractivity contribution in [2.24, 2.45) is 0 Å². The highest BCUT2D eigenvalue weighted by atomic mass is 35.6. The van der Waals surface area contributed by atoms with Crippen molar-refractivity contribution in [1.82, 2.24) is 0 Å². The van der Waals surface area contributed by atoms with Gasteiger partial charge in [-0.05, 0) is 23.6 Å². The minimum absolute atomic E-state index is 0.750. The summed E-state index contributed by atoms with van der Waals surface area (Å²) in [5.41, 5.74) is 0. The zero-order valence-corrected chi connectivity index (χ0v) is 11.8. The Balaban J connectivity index is -0.000000131. The Morgan fingerprint density at radius 3 is 0.714 bits per heavy atom. The molecule has 0 aliphatic rings. The molecule has 0 rings (SSSR count). The van der Waals surface area contributed by atoms with Crippen LogP contribution in [0.2, 0.25) is 0 Å². The van der Waals surface area contributed by atoms with Gasteiger partial charge in [-0.25, -0.2) is 0 Å². The molecule has 0 aromatic rings. The van der Waals surface area contributed by atoms with Crippen molar-refractivity contribution >= 4 is 71.9 Å². The lowest BCUT2D eigenvalue weighted by molar-refractivity contribution is 0.361. The van der Waals surface area contributed by atoms with Crippen LogP contribution >= 0.6 is 48.2 Å². The van der Waals surface area contributed by atoms with Crippen molar-refractivity contribution in [3.05, 3.63) is 0 Å². The van der Waals surface area contributed by atoms with Gasteiger partial charge in [-0.3, -0.25) is 0 Å². The van der Waals surface area contributed by atoms with E-state index >= 15 is 0 Å². The Hall–Kier alpha value is 1.93. The standard InChI is InChI=1S/CHCl3.2H3O3PS/c2-1(3)4;2*1-4(2,3)5/h1H;2*(H3,1,2,3,5). The molecule has 0 saturated heterocycles. The Bertz CT molecular complexity index is 172. The third-order valence-electron chi connectivity index (χ3n) is 0.